The minimum atomic E-state index is -0.116. The van der Waals surface area contributed by atoms with Crippen molar-refractivity contribution in [3.8, 4) is 5.75 Å². The number of rotatable bonds is 3. The van der Waals surface area contributed by atoms with E-state index in [0.29, 0.717) is 19.6 Å². The van der Waals surface area contributed by atoms with E-state index in [-0.39, 0.29) is 23.8 Å². The van der Waals surface area contributed by atoms with Crippen molar-refractivity contribution in [1.29, 1.82) is 0 Å². The van der Waals surface area contributed by atoms with E-state index in [9.17, 15) is 9.59 Å². The first-order valence-electron chi connectivity index (χ1n) is 9.07. The molecule has 0 bridgehead atoms. The smallest absolute Gasteiger partial charge is 0.308 e. The van der Waals surface area contributed by atoms with Crippen LogP contribution in [0.5, 0.6) is 5.75 Å². The Kier molecular flexibility index (Phi) is 5.74. The molecule has 0 amide bonds. The summed E-state index contributed by atoms with van der Waals surface area (Å²) in [6, 6.07) is 3.96. The molecule has 0 aromatic heterocycles. The van der Waals surface area contributed by atoms with Gasteiger partial charge in [0, 0.05) is 12.0 Å². The summed E-state index contributed by atoms with van der Waals surface area (Å²) in [5.41, 5.74) is 2.81. The summed E-state index contributed by atoms with van der Waals surface area (Å²) in [5, 5.41) is 0. The van der Waals surface area contributed by atoms with Crippen LogP contribution >= 0.6 is 0 Å². The van der Waals surface area contributed by atoms with Crippen LogP contribution in [0, 0.1) is 12.8 Å². The Morgan fingerprint density at radius 3 is 2.56 bits per heavy atom. The zero-order chi connectivity index (χ0) is 17.8. The summed E-state index contributed by atoms with van der Waals surface area (Å²) in [6.45, 7) is 3.12. The molecule has 25 heavy (non-hydrogen) atoms. The first-order valence-corrected chi connectivity index (χ1v) is 9.07. The van der Waals surface area contributed by atoms with E-state index in [1.807, 2.05) is 19.1 Å². The first-order chi connectivity index (χ1) is 12.1. The van der Waals surface area contributed by atoms with Crippen LogP contribution in [0.25, 0.3) is 0 Å². The third-order valence-electron chi connectivity index (χ3n) is 5.19. The number of methoxy groups -OCH3 is 1. The lowest BCUT2D eigenvalue weighted by Gasteiger charge is -2.28. The maximum absolute atomic E-state index is 12.3. The van der Waals surface area contributed by atoms with E-state index in [0.717, 1.165) is 54.5 Å². The number of Topliss-reactive ketones (excluding diaryl/α,β-unsaturated/α-hetero) is 1. The number of esters is 1. The van der Waals surface area contributed by atoms with Crippen LogP contribution in [-0.4, -0.2) is 38.2 Å². The Hall–Kier alpha value is -1.88. The number of fused-ring (bicyclic) bond motifs is 1. The van der Waals surface area contributed by atoms with Gasteiger partial charge in [-0.3, -0.25) is 9.59 Å². The highest BCUT2D eigenvalue weighted by Crippen LogP contribution is 2.31. The van der Waals surface area contributed by atoms with Gasteiger partial charge in [0.25, 0.3) is 0 Å². The molecule has 0 radical (unpaired) electrons. The zero-order valence-electron chi connectivity index (χ0n) is 15.0. The first kappa shape index (κ1) is 17.9. The van der Waals surface area contributed by atoms with Crippen molar-refractivity contribution in [2.75, 3.05) is 20.3 Å². The van der Waals surface area contributed by atoms with Crippen molar-refractivity contribution < 1.29 is 23.8 Å². The predicted molar refractivity (Wildman–Crippen MR) is 93.0 cm³/mol. The van der Waals surface area contributed by atoms with Gasteiger partial charge in [-0.15, -0.1) is 0 Å². The normalized spacial score (nSPS) is 24.0. The number of hydrogen-bond acceptors (Lipinski definition) is 5. The van der Waals surface area contributed by atoms with E-state index < -0.39 is 0 Å². The molecule has 0 unspecified atom stereocenters. The molecule has 1 heterocycles. The molecule has 2 aliphatic rings. The van der Waals surface area contributed by atoms with Gasteiger partial charge in [0.1, 0.15) is 5.75 Å². The Balaban J connectivity index is 1.70. The molecule has 5 nitrogen and oxygen atoms in total. The predicted octanol–water partition coefficient (Wildman–Crippen LogP) is 3.25. The SMILES string of the molecule is COC(=O)C1CCC(Oc2cc3c(cc2C)C(=O)CCOCC3)CC1. The average Bonchev–Trinajstić information content (AvgIpc) is 2.62. The summed E-state index contributed by atoms with van der Waals surface area (Å²) in [7, 11) is 1.44. The molecule has 3 rings (SSSR count). The lowest BCUT2D eigenvalue weighted by molar-refractivity contribution is -0.147. The highest BCUT2D eigenvalue weighted by Gasteiger charge is 2.28. The summed E-state index contributed by atoms with van der Waals surface area (Å²) < 4.78 is 16.5. The minimum Gasteiger partial charge on any atom is -0.490 e. The van der Waals surface area contributed by atoms with Crippen LogP contribution in [0.15, 0.2) is 12.1 Å². The number of hydrogen-bond donors (Lipinski definition) is 0. The second-order valence-corrected chi connectivity index (χ2v) is 6.93. The van der Waals surface area contributed by atoms with E-state index in [4.69, 9.17) is 14.2 Å². The zero-order valence-corrected chi connectivity index (χ0v) is 15.0. The molecule has 0 atom stereocenters. The second-order valence-electron chi connectivity index (χ2n) is 6.93. The van der Waals surface area contributed by atoms with Gasteiger partial charge >= 0.3 is 5.97 Å². The molecular formula is C20H26O5. The number of ether oxygens (including phenoxy) is 3. The third kappa shape index (κ3) is 4.21. The third-order valence-corrected chi connectivity index (χ3v) is 5.19. The standard InChI is InChI=1S/C20H26O5/c1-13-11-17-15(7-9-24-10-8-18(17)21)12-19(13)25-16-5-3-14(4-6-16)20(22)23-2/h11-12,14,16H,3-10H2,1-2H3. The Labute approximate surface area is 148 Å². The highest BCUT2D eigenvalue weighted by atomic mass is 16.5. The monoisotopic (exact) mass is 346 g/mol. The van der Waals surface area contributed by atoms with Crippen LogP contribution in [-0.2, 0) is 20.7 Å². The van der Waals surface area contributed by atoms with Crippen molar-refractivity contribution >= 4 is 11.8 Å². The number of benzene rings is 1. The molecule has 0 saturated heterocycles. The van der Waals surface area contributed by atoms with Crippen molar-refractivity contribution in [2.24, 2.45) is 5.92 Å². The summed E-state index contributed by atoms with van der Waals surface area (Å²) in [6.07, 6.45) is 4.56. The Morgan fingerprint density at radius 2 is 1.84 bits per heavy atom. The maximum atomic E-state index is 12.3. The highest BCUT2D eigenvalue weighted by molar-refractivity contribution is 5.98. The summed E-state index contributed by atoms with van der Waals surface area (Å²) in [5.74, 6) is 0.863. The lowest BCUT2D eigenvalue weighted by atomic mass is 9.87. The molecule has 0 N–H and O–H groups in total. The van der Waals surface area contributed by atoms with Gasteiger partial charge in [-0.1, -0.05) is 0 Å². The van der Waals surface area contributed by atoms with Gasteiger partial charge in [-0.25, -0.2) is 0 Å². The molecule has 5 heteroatoms. The van der Waals surface area contributed by atoms with Crippen molar-refractivity contribution in [3.05, 3.63) is 28.8 Å². The van der Waals surface area contributed by atoms with Crippen LogP contribution in [0.3, 0.4) is 0 Å². The Bertz CT molecular complexity index is 644. The van der Waals surface area contributed by atoms with Gasteiger partial charge in [0.15, 0.2) is 5.78 Å². The van der Waals surface area contributed by atoms with Crippen LogP contribution < -0.4 is 4.74 Å². The van der Waals surface area contributed by atoms with Gasteiger partial charge in [-0.05, 0) is 62.3 Å². The molecular weight excluding hydrogens is 320 g/mol. The van der Waals surface area contributed by atoms with E-state index >= 15 is 0 Å². The fourth-order valence-electron chi connectivity index (χ4n) is 3.67. The van der Waals surface area contributed by atoms with Crippen molar-refractivity contribution in [2.45, 2.75) is 51.6 Å². The molecule has 136 valence electrons. The van der Waals surface area contributed by atoms with Gasteiger partial charge < -0.3 is 14.2 Å². The topological polar surface area (TPSA) is 61.8 Å². The molecule has 0 spiro atoms. The molecule has 1 aromatic carbocycles. The Morgan fingerprint density at radius 1 is 1.12 bits per heavy atom. The van der Waals surface area contributed by atoms with E-state index in [2.05, 4.69) is 0 Å². The second kappa shape index (κ2) is 8.00. The van der Waals surface area contributed by atoms with Crippen LogP contribution in [0.4, 0.5) is 0 Å². The van der Waals surface area contributed by atoms with E-state index in [1.165, 1.54) is 7.11 Å². The summed E-state index contributed by atoms with van der Waals surface area (Å²) in [4.78, 5) is 23.9. The minimum absolute atomic E-state index is 0.00323. The summed E-state index contributed by atoms with van der Waals surface area (Å²) >= 11 is 0. The number of carbonyl (C=O) groups excluding carboxylic acids is 2. The van der Waals surface area contributed by atoms with Gasteiger partial charge in [0.2, 0.25) is 0 Å². The van der Waals surface area contributed by atoms with Crippen molar-refractivity contribution in [1.82, 2.24) is 0 Å². The maximum Gasteiger partial charge on any atom is 0.308 e. The fraction of sp³-hybridized carbons (Fsp3) is 0.600. The lowest BCUT2D eigenvalue weighted by Crippen LogP contribution is -2.28. The largest absolute Gasteiger partial charge is 0.490 e. The van der Waals surface area contributed by atoms with Crippen LogP contribution in [0.1, 0.15) is 53.6 Å². The number of aryl methyl sites for hydroxylation is 1. The van der Waals surface area contributed by atoms with Crippen LogP contribution in [0.2, 0.25) is 0 Å². The average molecular weight is 346 g/mol. The molecule has 1 saturated carbocycles. The van der Waals surface area contributed by atoms with Crippen molar-refractivity contribution in [3.63, 3.8) is 0 Å². The quantitative estimate of drug-likeness (QED) is 0.786. The van der Waals surface area contributed by atoms with E-state index in [1.54, 1.807) is 0 Å². The number of carbonyl (C=O) groups is 2. The molecule has 1 aromatic rings. The molecule has 1 aliphatic carbocycles. The van der Waals surface area contributed by atoms with Gasteiger partial charge in [-0.2, -0.15) is 0 Å². The fourth-order valence-corrected chi connectivity index (χ4v) is 3.67. The molecule has 1 aliphatic heterocycles. The number of ketones is 1. The van der Waals surface area contributed by atoms with Gasteiger partial charge in [0.05, 0.1) is 32.3 Å². The molecule has 1 fully saturated rings.